The van der Waals surface area contributed by atoms with Crippen LogP contribution in [0.5, 0.6) is 0 Å². The summed E-state index contributed by atoms with van der Waals surface area (Å²) in [6.45, 7) is 3.79. The van der Waals surface area contributed by atoms with Gasteiger partial charge in [-0.25, -0.2) is 4.98 Å². The lowest BCUT2D eigenvalue weighted by Crippen LogP contribution is -2.36. The molecule has 0 amide bonds. The Balaban J connectivity index is 0.00000144. The Morgan fingerprint density at radius 3 is 3.12 bits per heavy atom. The summed E-state index contributed by atoms with van der Waals surface area (Å²) in [5.74, 6) is 0. The van der Waals surface area contributed by atoms with Crippen molar-refractivity contribution in [1.29, 1.82) is 0 Å². The monoisotopic (exact) mass is 276 g/mol. The zero-order valence-electron chi connectivity index (χ0n) is 9.86. The second-order valence-electron chi connectivity index (χ2n) is 4.17. The zero-order valence-corrected chi connectivity index (χ0v) is 11.4. The predicted octanol–water partition coefficient (Wildman–Crippen LogP) is 2.81. The minimum atomic E-state index is 0. The van der Waals surface area contributed by atoms with E-state index in [4.69, 9.17) is 16.3 Å². The van der Waals surface area contributed by atoms with Crippen LogP contribution in [0.15, 0.2) is 18.3 Å². The van der Waals surface area contributed by atoms with Crippen molar-refractivity contribution < 1.29 is 4.74 Å². The summed E-state index contributed by atoms with van der Waals surface area (Å²) in [5, 5.41) is 4.01. The third-order valence-corrected chi connectivity index (χ3v) is 3.31. The number of ether oxygens (including phenoxy) is 1. The van der Waals surface area contributed by atoms with Crippen LogP contribution in [-0.4, -0.2) is 23.7 Å². The maximum atomic E-state index is 5.99. The molecular weight excluding hydrogens is 259 g/mol. The van der Waals surface area contributed by atoms with Gasteiger partial charge in [0.2, 0.25) is 0 Å². The van der Waals surface area contributed by atoms with Crippen molar-refractivity contribution in [2.75, 3.05) is 6.61 Å². The van der Waals surface area contributed by atoms with Crippen molar-refractivity contribution in [1.82, 2.24) is 10.3 Å². The van der Waals surface area contributed by atoms with Gasteiger partial charge >= 0.3 is 0 Å². The van der Waals surface area contributed by atoms with Crippen LogP contribution >= 0.6 is 24.0 Å². The van der Waals surface area contributed by atoms with E-state index in [1.807, 2.05) is 12.1 Å². The average Bonchev–Trinajstić information content (AvgIpc) is 2.81. The first-order chi connectivity index (χ1) is 7.77. The Hall–Kier alpha value is -0.350. The van der Waals surface area contributed by atoms with Gasteiger partial charge in [-0.3, -0.25) is 0 Å². The second kappa shape index (κ2) is 7.17. The molecule has 96 valence electrons. The van der Waals surface area contributed by atoms with Gasteiger partial charge in [0.25, 0.3) is 0 Å². The van der Waals surface area contributed by atoms with Crippen LogP contribution in [0, 0.1) is 0 Å². The molecule has 1 aliphatic rings. The lowest BCUT2D eigenvalue weighted by molar-refractivity contribution is 0.0832. The predicted molar refractivity (Wildman–Crippen MR) is 71.8 cm³/mol. The highest BCUT2D eigenvalue weighted by atomic mass is 35.5. The Labute approximate surface area is 113 Å². The number of hydrogen-bond acceptors (Lipinski definition) is 3. The van der Waals surface area contributed by atoms with E-state index in [-0.39, 0.29) is 12.4 Å². The van der Waals surface area contributed by atoms with Crippen LogP contribution in [0.1, 0.15) is 25.3 Å². The molecule has 2 heterocycles. The van der Waals surface area contributed by atoms with Gasteiger partial charge in [-0.15, -0.1) is 12.4 Å². The van der Waals surface area contributed by atoms with E-state index in [1.54, 1.807) is 6.20 Å². The summed E-state index contributed by atoms with van der Waals surface area (Å²) in [6, 6.07) is 4.25. The van der Waals surface area contributed by atoms with Crippen molar-refractivity contribution >= 4 is 24.0 Å². The molecule has 1 aromatic heterocycles. The van der Waals surface area contributed by atoms with Crippen molar-refractivity contribution in [3.63, 3.8) is 0 Å². The third kappa shape index (κ3) is 4.11. The molecule has 0 spiro atoms. The highest BCUT2D eigenvalue weighted by molar-refractivity contribution is 6.30. The Morgan fingerprint density at radius 2 is 2.47 bits per heavy atom. The SMILES string of the molecule is CC(NCc1cccnc1Cl)C1CCCO1.Cl. The number of halogens is 2. The fourth-order valence-corrected chi connectivity index (χ4v) is 2.14. The van der Waals surface area contributed by atoms with Crippen LogP contribution in [0.4, 0.5) is 0 Å². The molecule has 2 rings (SSSR count). The van der Waals surface area contributed by atoms with Crippen molar-refractivity contribution in [3.8, 4) is 0 Å². The van der Waals surface area contributed by atoms with Crippen molar-refractivity contribution in [3.05, 3.63) is 29.0 Å². The van der Waals surface area contributed by atoms with Gasteiger partial charge in [0, 0.05) is 31.0 Å². The van der Waals surface area contributed by atoms with Gasteiger partial charge in [0.05, 0.1) is 6.10 Å². The molecule has 0 aromatic carbocycles. The minimum Gasteiger partial charge on any atom is -0.377 e. The molecule has 0 bridgehead atoms. The molecule has 1 aliphatic heterocycles. The lowest BCUT2D eigenvalue weighted by Gasteiger charge is -2.20. The van der Waals surface area contributed by atoms with Crippen LogP contribution in [0.25, 0.3) is 0 Å². The fourth-order valence-electron chi connectivity index (χ4n) is 1.95. The molecular formula is C12H18Cl2N2O. The quantitative estimate of drug-likeness (QED) is 0.859. The molecule has 2 atom stereocenters. The van der Waals surface area contributed by atoms with Gasteiger partial charge in [0.1, 0.15) is 5.15 Å². The number of hydrogen-bond donors (Lipinski definition) is 1. The Kier molecular flexibility index (Phi) is 6.20. The smallest absolute Gasteiger partial charge is 0.133 e. The zero-order chi connectivity index (χ0) is 11.4. The van der Waals surface area contributed by atoms with E-state index in [0.29, 0.717) is 17.3 Å². The standard InChI is InChI=1S/C12H17ClN2O.ClH/c1-9(11-5-3-7-16-11)15-8-10-4-2-6-14-12(10)13;/h2,4,6,9,11,15H,3,5,7-8H2,1H3;1H. The van der Waals surface area contributed by atoms with Crippen molar-refractivity contribution in [2.45, 2.75) is 38.5 Å². The van der Waals surface area contributed by atoms with Gasteiger partial charge in [-0.1, -0.05) is 17.7 Å². The van der Waals surface area contributed by atoms with Crippen LogP contribution in [-0.2, 0) is 11.3 Å². The van der Waals surface area contributed by atoms with Gasteiger partial charge in [-0.2, -0.15) is 0 Å². The molecule has 0 radical (unpaired) electrons. The van der Waals surface area contributed by atoms with Crippen LogP contribution in [0.3, 0.4) is 0 Å². The summed E-state index contributed by atoms with van der Waals surface area (Å²) in [7, 11) is 0. The summed E-state index contributed by atoms with van der Waals surface area (Å²) in [5.41, 5.74) is 1.04. The largest absolute Gasteiger partial charge is 0.377 e. The highest BCUT2D eigenvalue weighted by Crippen LogP contribution is 2.16. The number of nitrogens with one attached hydrogen (secondary N) is 1. The molecule has 1 N–H and O–H groups in total. The lowest BCUT2D eigenvalue weighted by atomic mass is 10.1. The molecule has 1 aromatic rings. The van der Waals surface area contributed by atoms with Gasteiger partial charge in [-0.05, 0) is 25.8 Å². The maximum absolute atomic E-state index is 5.99. The fraction of sp³-hybridized carbons (Fsp3) is 0.583. The molecule has 3 nitrogen and oxygen atoms in total. The third-order valence-electron chi connectivity index (χ3n) is 2.97. The summed E-state index contributed by atoms with van der Waals surface area (Å²) >= 11 is 5.99. The Bertz CT molecular complexity index is 343. The maximum Gasteiger partial charge on any atom is 0.133 e. The molecule has 0 aliphatic carbocycles. The summed E-state index contributed by atoms with van der Waals surface area (Å²) < 4.78 is 5.62. The first-order valence-corrected chi connectivity index (χ1v) is 6.09. The first-order valence-electron chi connectivity index (χ1n) is 5.72. The number of nitrogens with zero attached hydrogens (tertiary/aromatic N) is 1. The summed E-state index contributed by atoms with van der Waals surface area (Å²) in [4.78, 5) is 4.05. The number of pyridine rings is 1. The average molecular weight is 277 g/mol. The minimum absolute atomic E-state index is 0. The molecule has 5 heteroatoms. The van der Waals surface area contributed by atoms with E-state index >= 15 is 0 Å². The van der Waals surface area contributed by atoms with E-state index < -0.39 is 0 Å². The highest BCUT2D eigenvalue weighted by Gasteiger charge is 2.21. The first kappa shape index (κ1) is 14.7. The summed E-state index contributed by atoms with van der Waals surface area (Å²) in [6.07, 6.45) is 4.37. The van der Waals surface area contributed by atoms with E-state index in [0.717, 1.165) is 25.1 Å². The molecule has 2 unspecified atom stereocenters. The number of aromatic nitrogens is 1. The molecule has 17 heavy (non-hydrogen) atoms. The van der Waals surface area contributed by atoms with E-state index in [2.05, 4.69) is 17.2 Å². The van der Waals surface area contributed by atoms with Gasteiger partial charge in [0.15, 0.2) is 0 Å². The molecule has 0 saturated carbocycles. The molecule has 1 fully saturated rings. The van der Waals surface area contributed by atoms with E-state index in [9.17, 15) is 0 Å². The molecule has 1 saturated heterocycles. The second-order valence-corrected chi connectivity index (χ2v) is 4.53. The van der Waals surface area contributed by atoms with Gasteiger partial charge < -0.3 is 10.1 Å². The topological polar surface area (TPSA) is 34.2 Å². The Morgan fingerprint density at radius 1 is 1.65 bits per heavy atom. The number of rotatable bonds is 4. The normalized spacial score (nSPS) is 20.9. The van der Waals surface area contributed by atoms with E-state index in [1.165, 1.54) is 6.42 Å². The van der Waals surface area contributed by atoms with Crippen LogP contribution in [0.2, 0.25) is 5.15 Å². The van der Waals surface area contributed by atoms with Crippen LogP contribution < -0.4 is 5.32 Å². The van der Waals surface area contributed by atoms with Crippen molar-refractivity contribution in [2.24, 2.45) is 0 Å².